The van der Waals surface area contributed by atoms with E-state index < -0.39 is 4.92 Å². The van der Waals surface area contributed by atoms with Crippen molar-refractivity contribution in [1.82, 2.24) is 0 Å². The predicted octanol–water partition coefficient (Wildman–Crippen LogP) is 4.30. The molecule has 8 heteroatoms. The van der Waals surface area contributed by atoms with Gasteiger partial charge >= 0.3 is 0 Å². The van der Waals surface area contributed by atoms with Gasteiger partial charge in [-0.15, -0.1) is 0 Å². The van der Waals surface area contributed by atoms with Gasteiger partial charge in [-0.2, -0.15) is 0 Å². The maximum atomic E-state index is 13.0. The largest absolute Gasteiger partial charge is 0.365 e. The van der Waals surface area contributed by atoms with Crippen molar-refractivity contribution in [2.45, 2.75) is 45.6 Å². The number of rotatable bonds is 4. The van der Waals surface area contributed by atoms with Gasteiger partial charge in [-0.3, -0.25) is 19.7 Å². The van der Waals surface area contributed by atoms with Crippen LogP contribution in [-0.4, -0.2) is 42.4 Å². The minimum atomic E-state index is -0.408. The minimum Gasteiger partial charge on any atom is -0.365 e. The van der Waals surface area contributed by atoms with Crippen LogP contribution in [-0.2, 0) is 9.59 Å². The first-order chi connectivity index (χ1) is 16.3. The first-order valence-electron chi connectivity index (χ1n) is 12.1. The van der Waals surface area contributed by atoms with E-state index in [0.717, 1.165) is 37.9 Å². The van der Waals surface area contributed by atoms with E-state index in [9.17, 15) is 19.7 Å². The molecule has 1 aliphatic carbocycles. The molecule has 2 saturated heterocycles. The Morgan fingerprint density at radius 2 is 1.65 bits per heavy atom. The third kappa shape index (κ3) is 3.81. The number of piperazine rings is 1. The number of hydrogen-bond donors (Lipinski definition) is 0. The Bertz CT molecular complexity index is 1130. The highest BCUT2D eigenvalue weighted by atomic mass is 16.6. The summed E-state index contributed by atoms with van der Waals surface area (Å²) < 4.78 is 0. The molecular weight excluding hydrogens is 432 g/mol. The molecule has 2 amide bonds. The summed E-state index contributed by atoms with van der Waals surface area (Å²) in [6.45, 7) is 6.22. The number of amides is 2. The van der Waals surface area contributed by atoms with Crippen molar-refractivity contribution in [3.8, 4) is 0 Å². The Hall–Kier alpha value is -3.42. The summed E-state index contributed by atoms with van der Waals surface area (Å²) in [6.07, 6.45) is 3.32. The van der Waals surface area contributed by atoms with Gasteiger partial charge in [0.1, 0.15) is 5.69 Å². The van der Waals surface area contributed by atoms with Gasteiger partial charge in [0.05, 0.1) is 22.4 Å². The lowest BCUT2D eigenvalue weighted by Crippen LogP contribution is -2.52. The molecular formula is C26H30N4O4. The second-order valence-electron chi connectivity index (χ2n) is 9.77. The highest BCUT2D eigenvalue weighted by Crippen LogP contribution is 2.42. The summed E-state index contributed by atoms with van der Waals surface area (Å²) in [6, 6.07) is 13.3. The first kappa shape index (κ1) is 22.4. The molecule has 0 N–H and O–H groups in total. The van der Waals surface area contributed by atoms with Crippen LogP contribution in [0.1, 0.15) is 38.2 Å². The summed E-state index contributed by atoms with van der Waals surface area (Å²) in [5.74, 6) is -0.986. The van der Waals surface area contributed by atoms with E-state index >= 15 is 0 Å². The zero-order valence-electron chi connectivity index (χ0n) is 19.6. The van der Waals surface area contributed by atoms with Gasteiger partial charge in [0.15, 0.2) is 0 Å². The van der Waals surface area contributed by atoms with Crippen molar-refractivity contribution in [1.29, 1.82) is 0 Å². The number of benzene rings is 2. The van der Waals surface area contributed by atoms with E-state index in [2.05, 4.69) is 36.9 Å². The molecule has 2 aromatic rings. The average molecular weight is 463 g/mol. The highest BCUT2D eigenvalue weighted by Gasteiger charge is 2.49. The van der Waals surface area contributed by atoms with Crippen molar-refractivity contribution in [2.75, 3.05) is 34.3 Å². The monoisotopic (exact) mass is 462 g/mol. The van der Waals surface area contributed by atoms with Crippen LogP contribution in [0.5, 0.6) is 0 Å². The van der Waals surface area contributed by atoms with Crippen molar-refractivity contribution >= 4 is 34.6 Å². The molecule has 0 spiro atoms. The lowest BCUT2D eigenvalue weighted by Gasteiger charge is -2.42. The van der Waals surface area contributed by atoms with Gasteiger partial charge in [0.2, 0.25) is 11.8 Å². The topological polar surface area (TPSA) is 87.0 Å². The SMILES string of the molecule is Cc1cccc(N2CCN(c3ccc(N4C(=O)[C@H]5CCCC[C@H]5C4=O)cc3[N+](=O)[O-])C[C@@H]2C)c1. The molecule has 0 unspecified atom stereocenters. The van der Waals surface area contributed by atoms with Crippen LogP contribution in [0.2, 0.25) is 0 Å². The number of aryl methyl sites for hydroxylation is 1. The number of anilines is 3. The van der Waals surface area contributed by atoms with Crippen LogP contribution < -0.4 is 14.7 Å². The molecule has 0 bridgehead atoms. The smallest absolute Gasteiger partial charge is 0.294 e. The maximum Gasteiger partial charge on any atom is 0.294 e. The number of nitro benzene ring substituents is 1. The molecule has 8 nitrogen and oxygen atoms in total. The molecule has 3 atom stereocenters. The molecule has 0 radical (unpaired) electrons. The fourth-order valence-electron chi connectivity index (χ4n) is 5.85. The molecule has 3 fully saturated rings. The molecule has 3 aliphatic rings. The van der Waals surface area contributed by atoms with Crippen molar-refractivity contribution in [2.24, 2.45) is 11.8 Å². The zero-order chi connectivity index (χ0) is 24.0. The molecule has 2 aliphatic heterocycles. The number of imide groups is 1. The van der Waals surface area contributed by atoms with E-state index in [1.807, 2.05) is 11.0 Å². The van der Waals surface area contributed by atoms with E-state index in [0.29, 0.717) is 24.5 Å². The summed E-state index contributed by atoms with van der Waals surface area (Å²) >= 11 is 0. The Balaban J connectivity index is 1.40. The van der Waals surface area contributed by atoms with Crippen molar-refractivity contribution in [3.63, 3.8) is 0 Å². The Labute approximate surface area is 199 Å². The fourth-order valence-corrected chi connectivity index (χ4v) is 5.85. The Morgan fingerprint density at radius 3 is 2.26 bits per heavy atom. The van der Waals surface area contributed by atoms with Gasteiger partial charge in [0.25, 0.3) is 5.69 Å². The number of nitrogens with zero attached hydrogens (tertiary/aromatic N) is 4. The van der Waals surface area contributed by atoms with Crippen LogP contribution in [0.25, 0.3) is 0 Å². The lowest BCUT2D eigenvalue weighted by atomic mass is 9.81. The maximum absolute atomic E-state index is 13.0. The summed E-state index contributed by atoms with van der Waals surface area (Å²) in [7, 11) is 0. The molecule has 2 heterocycles. The van der Waals surface area contributed by atoms with Gasteiger partial charge < -0.3 is 9.80 Å². The highest BCUT2D eigenvalue weighted by molar-refractivity contribution is 6.22. The number of hydrogen-bond acceptors (Lipinski definition) is 6. The minimum absolute atomic E-state index is 0.0656. The third-order valence-corrected chi connectivity index (χ3v) is 7.56. The van der Waals surface area contributed by atoms with Gasteiger partial charge in [-0.05, 0) is 56.5 Å². The van der Waals surface area contributed by atoms with Crippen LogP contribution in [0.15, 0.2) is 42.5 Å². The van der Waals surface area contributed by atoms with E-state index in [-0.39, 0.29) is 35.4 Å². The zero-order valence-corrected chi connectivity index (χ0v) is 19.6. The first-order valence-corrected chi connectivity index (χ1v) is 12.1. The normalized spacial score (nSPS) is 25.0. The second-order valence-corrected chi connectivity index (χ2v) is 9.77. The standard InChI is InChI=1S/C26H30N4O4/c1-17-6-5-7-19(14-17)28-13-12-27(16-18(28)2)23-11-10-20(15-24(23)30(33)34)29-25(31)21-8-3-4-9-22(21)26(29)32/h5-7,10-11,14-15,18,21-22H,3-4,8-9,12-13,16H2,1-2H3/t18-,21-,22+/m0/s1. The quantitative estimate of drug-likeness (QED) is 0.383. The second kappa shape index (κ2) is 8.74. The lowest BCUT2D eigenvalue weighted by molar-refractivity contribution is -0.384. The number of fused-ring (bicyclic) bond motifs is 1. The van der Waals surface area contributed by atoms with Crippen molar-refractivity contribution < 1.29 is 14.5 Å². The van der Waals surface area contributed by atoms with Crippen LogP contribution >= 0.6 is 0 Å². The summed E-state index contributed by atoms with van der Waals surface area (Å²) in [5.41, 5.74) is 3.13. The van der Waals surface area contributed by atoms with Crippen molar-refractivity contribution in [3.05, 3.63) is 58.1 Å². The Morgan fingerprint density at radius 1 is 0.941 bits per heavy atom. The third-order valence-electron chi connectivity index (χ3n) is 7.56. The van der Waals surface area contributed by atoms with Gasteiger partial charge in [0, 0.05) is 37.4 Å². The predicted molar refractivity (Wildman–Crippen MR) is 131 cm³/mol. The van der Waals surface area contributed by atoms with Crippen LogP contribution in [0.4, 0.5) is 22.7 Å². The number of nitro groups is 1. The van der Waals surface area contributed by atoms with E-state index in [4.69, 9.17) is 0 Å². The van der Waals surface area contributed by atoms with Gasteiger partial charge in [-0.1, -0.05) is 25.0 Å². The summed E-state index contributed by atoms with van der Waals surface area (Å²) in [4.78, 5) is 43.1. The van der Waals surface area contributed by atoms with Crippen LogP contribution in [0, 0.1) is 28.9 Å². The van der Waals surface area contributed by atoms with E-state index in [1.165, 1.54) is 16.5 Å². The molecule has 1 saturated carbocycles. The molecule has 5 rings (SSSR count). The Kier molecular flexibility index (Phi) is 5.75. The van der Waals surface area contributed by atoms with Gasteiger partial charge in [-0.25, -0.2) is 4.90 Å². The molecule has 2 aromatic carbocycles. The molecule has 0 aromatic heterocycles. The number of carbonyl (C=O) groups is 2. The number of carbonyl (C=O) groups excluding carboxylic acids is 2. The summed E-state index contributed by atoms with van der Waals surface area (Å²) in [5, 5.41) is 12.0. The molecule has 178 valence electrons. The molecule has 34 heavy (non-hydrogen) atoms. The average Bonchev–Trinajstić information content (AvgIpc) is 3.08. The van der Waals surface area contributed by atoms with E-state index in [1.54, 1.807) is 12.1 Å². The van der Waals surface area contributed by atoms with Crippen LogP contribution in [0.3, 0.4) is 0 Å². The fraction of sp³-hybridized carbons (Fsp3) is 0.462.